The summed E-state index contributed by atoms with van der Waals surface area (Å²) >= 11 is 0. The Morgan fingerprint density at radius 2 is 1.77 bits per heavy atom. The number of halogens is 3. The van der Waals surface area contributed by atoms with E-state index in [2.05, 4.69) is 20.9 Å². The second kappa shape index (κ2) is 12.1. The van der Waals surface area contributed by atoms with Crippen LogP contribution in [-0.2, 0) is 20.5 Å². The number of para-hydroxylation sites is 1. The van der Waals surface area contributed by atoms with Crippen molar-refractivity contribution < 1.29 is 32.4 Å². The normalized spacial score (nSPS) is 17.4. The van der Waals surface area contributed by atoms with Crippen LogP contribution in [0.15, 0.2) is 54.6 Å². The van der Waals surface area contributed by atoms with Crippen molar-refractivity contribution in [1.82, 2.24) is 10.3 Å². The number of nitro benzene ring substituents is 1. The fourth-order valence-electron chi connectivity index (χ4n) is 4.40. The van der Waals surface area contributed by atoms with Crippen LogP contribution in [0.2, 0.25) is 0 Å². The highest BCUT2D eigenvalue weighted by molar-refractivity contribution is 6.39. The monoisotopic (exact) mass is 545 g/mol. The van der Waals surface area contributed by atoms with Crippen LogP contribution in [0.4, 0.5) is 30.4 Å². The number of nitrogens with one attached hydrogen (secondary N) is 3. The fraction of sp³-hybridized carbons (Fsp3) is 0.346. The topological polar surface area (TPSA) is 135 Å². The summed E-state index contributed by atoms with van der Waals surface area (Å²) in [6, 6.07) is 13.5. The van der Waals surface area contributed by atoms with Crippen molar-refractivity contribution in [2.45, 2.75) is 44.0 Å². The van der Waals surface area contributed by atoms with Gasteiger partial charge in [0.05, 0.1) is 23.2 Å². The second-order valence-corrected chi connectivity index (χ2v) is 9.07. The van der Waals surface area contributed by atoms with E-state index in [0.29, 0.717) is 31.2 Å². The minimum absolute atomic E-state index is 0.0989. The lowest BCUT2D eigenvalue weighted by molar-refractivity contribution is -0.388. The lowest BCUT2D eigenvalue weighted by Gasteiger charge is -2.30. The first-order valence-electron chi connectivity index (χ1n) is 12.3. The summed E-state index contributed by atoms with van der Waals surface area (Å²) in [5.41, 5.74) is -1.43. The molecular weight excluding hydrogens is 519 g/mol. The number of aromatic nitrogens is 1. The molecule has 1 saturated carbocycles. The van der Waals surface area contributed by atoms with Crippen molar-refractivity contribution >= 4 is 39.9 Å². The van der Waals surface area contributed by atoms with Gasteiger partial charge >= 0.3 is 18.0 Å². The van der Waals surface area contributed by atoms with Gasteiger partial charge in [-0.25, -0.2) is 4.98 Å². The molecule has 0 radical (unpaired) electrons. The molecular formula is C26H26F3N5O5. The molecule has 4 rings (SSSR count). The molecule has 1 fully saturated rings. The first-order chi connectivity index (χ1) is 18.6. The van der Waals surface area contributed by atoms with E-state index < -0.39 is 34.2 Å². The van der Waals surface area contributed by atoms with Crippen molar-refractivity contribution in [3.63, 3.8) is 0 Å². The largest absolute Gasteiger partial charge is 0.423 e. The minimum Gasteiger partial charge on any atom is -0.382 e. The number of amides is 2. The Balaban J connectivity index is 1.16. The number of carbonyl (C=O) groups is 2. The van der Waals surface area contributed by atoms with Gasteiger partial charge in [0, 0.05) is 29.7 Å². The van der Waals surface area contributed by atoms with Crippen LogP contribution in [0.5, 0.6) is 0 Å². The molecule has 3 aromatic rings. The van der Waals surface area contributed by atoms with E-state index in [1.54, 1.807) is 18.2 Å². The number of nitrogens with zero attached hydrogens (tertiary/aromatic N) is 2. The lowest BCUT2D eigenvalue weighted by atomic mass is 9.92. The van der Waals surface area contributed by atoms with Gasteiger partial charge < -0.3 is 20.7 Å². The van der Waals surface area contributed by atoms with Crippen molar-refractivity contribution in [1.29, 1.82) is 0 Å². The van der Waals surface area contributed by atoms with Crippen LogP contribution >= 0.6 is 0 Å². The zero-order valence-corrected chi connectivity index (χ0v) is 20.7. The summed E-state index contributed by atoms with van der Waals surface area (Å²) in [6.07, 6.45) is -2.42. The van der Waals surface area contributed by atoms with E-state index in [0.717, 1.165) is 17.5 Å². The molecule has 0 saturated heterocycles. The molecule has 0 bridgehead atoms. The molecule has 39 heavy (non-hydrogen) atoms. The highest BCUT2D eigenvalue weighted by atomic mass is 19.4. The van der Waals surface area contributed by atoms with Gasteiger partial charge in [-0.2, -0.15) is 13.2 Å². The average Bonchev–Trinajstić information content (AvgIpc) is 2.91. The van der Waals surface area contributed by atoms with E-state index in [1.165, 1.54) is 6.07 Å². The molecule has 2 amide bonds. The van der Waals surface area contributed by atoms with E-state index in [1.807, 2.05) is 18.2 Å². The van der Waals surface area contributed by atoms with Gasteiger partial charge in [-0.3, -0.25) is 19.7 Å². The van der Waals surface area contributed by atoms with Crippen LogP contribution in [0.25, 0.3) is 10.9 Å². The van der Waals surface area contributed by atoms with Crippen LogP contribution < -0.4 is 16.0 Å². The second-order valence-electron chi connectivity index (χ2n) is 9.07. The van der Waals surface area contributed by atoms with Crippen molar-refractivity contribution in [2.24, 2.45) is 0 Å². The van der Waals surface area contributed by atoms with E-state index in [9.17, 15) is 32.9 Å². The van der Waals surface area contributed by atoms with E-state index >= 15 is 0 Å². The number of anilines is 2. The molecule has 0 aliphatic heterocycles. The molecule has 1 aliphatic rings. The molecule has 13 heteroatoms. The zero-order chi connectivity index (χ0) is 28.0. The van der Waals surface area contributed by atoms with Gasteiger partial charge in [-0.05, 0) is 56.0 Å². The number of rotatable bonds is 8. The highest BCUT2D eigenvalue weighted by Gasteiger charge is 2.38. The van der Waals surface area contributed by atoms with Gasteiger partial charge in [0.25, 0.3) is 5.69 Å². The molecule has 1 aliphatic carbocycles. The Labute approximate surface area is 221 Å². The van der Waals surface area contributed by atoms with Gasteiger partial charge in [-0.1, -0.05) is 18.2 Å². The quantitative estimate of drug-likeness (QED) is 0.162. The number of alkyl halides is 3. The van der Waals surface area contributed by atoms with E-state index in [4.69, 9.17) is 4.74 Å². The Morgan fingerprint density at radius 1 is 1.03 bits per heavy atom. The van der Waals surface area contributed by atoms with Gasteiger partial charge in [0.2, 0.25) is 0 Å². The van der Waals surface area contributed by atoms with Gasteiger partial charge in [0.1, 0.15) is 11.4 Å². The Morgan fingerprint density at radius 3 is 2.49 bits per heavy atom. The summed E-state index contributed by atoms with van der Waals surface area (Å²) in [6.45, 7) is 0.311. The van der Waals surface area contributed by atoms with E-state index in [-0.39, 0.29) is 36.8 Å². The molecule has 0 spiro atoms. The zero-order valence-electron chi connectivity index (χ0n) is 20.7. The lowest BCUT2D eigenvalue weighted by Crippen LogP contribution is -2.38. The molecule has 0 atom stereocenters. The molecule has 2 aromatic carbocycles. The highest BCUT2D eigenvalue weighted by Crippen LogP contribution is 2.38. The average molecular weight is 546 g/mol. The van der Waals surface area contributed by atoms with Gasteiger partial charge in [0.15, 0.2) is 0 Å². The van der Waals surface area contributed by atoms with Crippen LogP contribution in [0.1, 0.15) is 31.2 Å². The first-order valence-corrected chi connectivity index (χ1v) is 12.3. The maximum atomic E-state index is 13.2. The number of pyridine rings is 1. The van der Waals surface area contributed by atoms with Crippen molar-refractivity contribution in [2.75, 3.05) is 23.8 Å². The smallest absolute Gasteiger partial charge is 0.382 e. The third-order valence-corrected chi connectivity index (χ3v) is 6.33. The SMILES string of the molecule is O=C(NCCO[C@H]1CC[C@H](Nc2ccc([N+](=O)[O-])c(C(F)(F)F)c2)CC1)C(=O)Nc1ccc2ccccc2n1. The van der Waals surface area contributed by atoms with Crippen LogP contribution in [0.3, 0.4) is 0 Å². The molecule has 1 aromatic heterocycles. The maximum Gasteiger partial charge on any atom is 0.423 e. The molecule has 10 nitrogen and oxygen atoms in total. The van der Waals surface area contributed by atoms with Crippen molar-refractivity contribution in [3.8, 4) is 0 Å². The molecule has 3 N–H and O–H groups in total. The van der Waals surface area contributed by atoms with Gasteiger partial charge in [-0.15, -0.1) is 0 Å². The number of ether oxygens (including phenoxy) is 1. The fourth-order valence-corrected chi connectivity index (χ4v) is 4.40. The predicted molar refractivity (Wildman–Crippen MR) is 137 cm³/mol. The summed E-state index contributed by atoms with van der Waals surface area (Å²) < 4.78 is 45.4. The number of nitro groups is 1. The maximum absolute atomic E-state index is 13.2. The third-order valence-electron chi connectivity index (χ3n) is 6.33. The number of fused-ring (bicyclic) bond motifs is 1. The standard InChI is InChI=1S/C26H26F3N5O5/c27-26(28,29)20-15-18(8-11-22(20)34(37)38)31-17-6-9-19(10-7-17)39-14-13-30-24(35)25(36)33-23-12-5-16-3-1-2-4-21(16)32-23/h1-5,8,11-12,15,17,19,31H,6-7,9-10,13-14H2,(H,30,35)(H,32,33,36)/t17-,19-. The van der Waals surface area contributed by atoms with Crippen molar-refractivity contribution in [3.05, 3.63) is 70.3 Å². The summed E-state index contributed by atoms with van der Waals surface area (Å²) in [5, 5.41) is 19.8. The first kappa shape index (κ1) is 27.8. The molecule has 206 valence electrons. The minimum atomic E-state index is -4.84. The Kier molecular flexibility index (Phi) is 8.59. The van der Waals surface area contributed by atoms with Crippen LogP contribution in [0, 0.1) is 10.1 Å². The predicted octanol–water partition coefficient (Wildman–Crippen LogP) is 4.66. The molecule has 0 unspecified atom stereocenters. The summed E-state index contributed by atoms with van der Waals surface area (Å²) in [5.74, 6) is -1.40. The summed E-state index contributed by atoms with van der Waals surface area (Å²) in [4.78, 5) is 38.4. The number of hydrogen-bond donors (Lipinski definition) is 3. The Hall–Kier alpha value is -4.26. The Bertz CT molecular complexity index is 1360. The number of benzene rings is 2. The number of carbonyl (C=O) groups excluding carboxylic acids is 2. The number of hydrogen-bond acceptors (Lipinski definition) is 7. The van der Waals surface area contributed by atoms with Crippen LogP contribution in [-0.4, -0.2) is 47.0 Å². The summed E-state index contributed by atoms with van der Waals surface area (Å²) in [7, 11) is 0. The molecule has 1 heterocycles. The third kappa shape index (κ3) is 7.41.